The summed E-state index contributed by atoms with van der Waals surface area (Å²) in [5.41, 5.74) is 6.25. The minimum atomic E-state index is -0.137. The molecule has 1 aromatic heterocycles. The fourth-order valence-electron chi connectivity index (χ4n) is 3.49. The molecule has 0 unspecified atom stereocenters. The van der Waals surface area contributed by atoms with Crippen molar-refractivity contribution in [2.24, 2.45) is 4.99 Å². The molecule has 158 valence electrons. The molecule has 1 aliphatic rings. The molecular formula is C24H22BrN3O2S. The van der Waals surface area contributed by atoms with Crippen LogP contribution in [0.5, 0.6) is 5.75 Å². The second kappa shape index (κ2) is 8.77. The number of amidine groups is 1. The lowest BCUT2D eigenvalue weighted by atomic mass is 10.2. The number of thioether (sulfide) groups is 1. The highest BCUT2D eigenvalue weighted by Gasteiger charge is 2.24. The van der Waals surface area contributed by atoms with E-state index < -0.39 is 0 Å². The Bertz CT molecular complexity index is 1230. The Hall–Kier alpha value is -2.77. The van der Waals surface area contributed by atoms with Crippen LogP contribution in [-0.2, 0) is 4.79 Å². The molecule has 31 heavy (non-hydrogen) atoms. The molecule has 1 N–H and O–H groups in total. The van der Waals surface area contributed by atoms with Gasteiger partial charge in [-0.3, -0.25) is 4.79 Å². The zero-order valence-corrected chi connectivity index (χ0v) is 20.1. The number of ether oxygens (including phenoxy) is 1. The predicted molar refractivity (Wildman–Crippen MR) is 131 cm³/mol. The molecule has 1 amide bonds. The molecule has 7 heteroatoms. The summed E-state index contributed by atoms with van der Waals surface area (Å²) < 4.78 is 8.46. The van der Waals surface area contributed by atoms with Crippen LogP contribution in [0.15, 0.2) is 62.9 Å². The molecular weight excluding hydrogens is 474 g/mol. The molecule has 2 heterocycles. The minimum Gasteiger partial charge on any atom is -0.497 e. The maximum absolute atomic E-state index is 12.5. The van der Waals surface area contributed by atoms with Gasteiger partial charge in [-0.15, -0.1) is 0 Å². The molecule has 0 aliphatic carbocycles. The Morgan fingerprint density at radius 1 is 1.10 bits per heavy atom. The first-order valence-electron chi connectivity index (χ1n) is 9.75. The number of amides is 1. The van der Waals surface area contributed by atoms with Gasteiger partial charge in [-0.05, 0) is 98.3 Å². The van der Waals surface area contributed by atoms with Gasteiger partial charge in [0.05, 0.1) is 17.7 Å². The second-order valence-corrected chi connectivity index (χ2v) is 9.16. The minimum absolute atomic E-state index is 0.137. The lowest BCUT2D eigenvalue weighted by Crippen LogP contribution is -2.19. The van der Waals surface area contributed by atoms with Crippen molar-refractivity contribution < 1.29 is 9.53 Å². The molecule has 2 aromatic carbocycles. The normalized spacial score (nSPS) is 16.2. The lowest BCUT2D eigenvalue weighted by Gasteiger charge is -2.11. The molecule has 0 spiro atoms. The Kier molecular flexibility index (Phi) is 6.07. The zero-order valence-electron chi connectivity index (χ0n) is 17.7. The molecule has 0 bridgehead atoms. The number of aromatic nitrogens is 1. The Balaban J connectivity index is 1.62. The predicted octanol–water partition coefficient (Wildman–Crippen LogP) is 6.07. The number of hydrogen-bond acceptors (Lipinski definition) is 4. The molecule has 0 saturated carbocycles. The van der Waals surface area contributed by atoms with E-state index in [0.29, 0.717) is 10.1 Å². The molecule has 5 nitrogen and oxygen atoms in total. The fraction of sp³-hybridized carbons (Fsp3) is 0.167. The first-order chi connectivity index (χ1) is 14.9. The number of aryl methyl sites for hydroxylation is 2. The standard InChI is InChI=1S/C24H22BrN3O2S/c1-14-11-19(7-10-21(14)25)28-15(2)12-17(16(28)3)13-22-23(29)27-24(31-22)26-18-5-8-20(30-4)9-6-18/h5-13H,1-4H3,(H,26,27,29)/b22-13+. The Labute approximate surface area is 194 Å². The number of carbonyl (C=O) groups is 1. The van der Waals surface area contributed by atoms with Crippen molar-refractivity contribution in [1.82, 2.24) is 9.88 Å². The molecule has 1 saturated heterocycles. The number of halogens is 1. The third-order valence-electron chi connectivity index (χ3n) is 5.11. The van der Waals surface area contributed by atoms with Gasteiger partial charge in [-0.2, -0.15) is 0 Å². The summed E-state index contributed by atoms with van der Waals surface area (Å²) in [6.07, 6.45) is 1.93. The summed E-state index contributed by atoms with van der Waals surface area (Å²) in [5.74, 6) is 0.630. The van der Waals surface area contributed by atoms with Crippen LogP contribution in [0.4, 0.5) is 5.69 Å². The van der Waals surface area contributed by atoms with Crippen LogP contribution in [0.2, 0.25) is 0 Å². The summed E-state index contributed by atoms with van der Waals surface area (Å²) in [4.78, 5) is 17.7. The van der Waals surface area contributed by atoms with Gasteiger partial charge in [0.2, 0.25) is 0 Å². The maximum atomic E-state index is 12.5. The summed E-state index contributed by atoms with van der Waals surface area (Å²) in [7, 11) is 1.62. The van der Waals surface area contributed by atoms with Crippen molar-refractivity contribution in [1.29, 1.82) is 0 Å². The van der Waals surface area contributed by atoms with Gasteiger partial charge in [0, 0.05) is 21.5 Å². The fourth-order valence-corrected chi connectivity index (χ4v) is 4.57. The van der Waals surface area contributed by atoms with Crippen molar-refractivity contribution in [3.8, 4) is 11.4 Å². The zero-order chi connectivity index (χ0) is 22.1. The van der Waals surface area contributed by atoms with E-state index in [1.807, 2.05) is 30.3 Å². The van der Waals surface area contributed by atoms with Gasteiger partial charge >= 0.3 is 0 Å². The number of nitrogens with one attached hydrogen (secondary N) is 1. The molecule has 0 atom stereocenters. The molecule has 1 aliphatic heterocycles. The third kappa shape index (κ3) is 4.48. The second-order valence-electron chi connectivity index (χ2n) is 7.28. The van der Waals surface area contributed by atoms with E-state index in [4.69, 9.17) is 4.74 Å². The van der Waals surface area contributed by atoms with Crippen LogP contribution in [0.25, 0.3) is 11.8 Å². The SMILES string of the molecule is COc1ccc(N=C2NC(=O)/C(=C\c3cc(C)n(-c4ccc(Br)c(C)c4)c3C)S2)cc1. The van der Waals surface area contributed by atoms with Gasteiger partial charge in [0.25, 0.3) is 5.91 Å². The Morgan fingerprint density at radius 2 is 1.84 bits per heavy atom. The van der Waals surface area contributed by atoms with Crippen molar-refractivity contribution in [3.63, 3.8) is 0 Å². The first-order valence-corrected chi connectivity index (χ1v) is 11.4. The van der Waals surface area contributed by atoms with Crippen LogP contribution < -0.4 is 10.1 Å². The number of carbonyl (C=O) groups excluding carboxylic acids is 1. The van der Waals surface area contributed by atoms with Gasteiger partial charge in [-0.1, -0.05) is 15.9 Å². The highest BCUT2D eigenvalue weighted by molar-refractivity contribution is 9.10. The van der Waals surface area contributed by atoms with E-state index >= 15 is 0 Å². The smallest absolute Gasteiger partial charge is 0.264 e. The quantitative estimate of drug-likeness (QED) is 0.447. The van der Waals surface area contributed by atoms with Crippen LogP contribution in [0.3, 0.4) is 0 Å². The van der Waals surface area contributed by atoms with Gasteiger partial charge in [0.1, 0.15) is 5.75 Å². The number of methoxy groups -OCH3 is 1. The molecule has 0 radical (unpaired) electrons. The molecule has 1 fully saturated rings. The van der Waals surface area contributed by atoms with Crippen LogP contribution in [0, 0.1) is 20.8 Å². The first kappa shape index (κ1) is 21.5. The van der Waals surface area contributed by atoms with Crippen LogP contribution in [-0.4, -0.2) is 22.8 Å². The van der Waals surface area contributed by atoms with Crippen LogP contribution >= 0.6 is 27.7 Å². The summed E-state index contributed by atoms with van der Waals surface area (Å²) >= 11 is 4.91. The van der Waals surface area contributed by atoms with Crippen molar-refractivity contribution in [3.05, 3.63) is 80.4 Å². The largest absolute Gasteiger partial charge is 0.497 e. The number of rotatable bonds is 4. The van der Waals surface area contributed by atoms with E-state index in [-0.39, 0.29) is 5.91 Å². The lowest BCUT2D eigenvalue weighted by molar-refractivity contribution is -0.115. The van der Waals surface area contributed by atoms with Gasteiger partial charge in [-0.25, -0.2) is 4.99 Å². The third-order valence-corrected chi connectivity index (χ3v) is 6.91. The average molecular weight is 496 g/mol. The van der Waals surface area contributed by atoms with E-state index in [2.05, 4.69) is 75.8 Å². The van der Waals surface area contributed by atoms with Crippen LogP contribution in [0.1, 0.15) is 22.5 Å². The molecule has 3 aromatic rings. The van der Waals surface area contributed by atoms with Gasteiger partial charge < -0.3 is 14.6 Å². The van der Waals surface area contributed by atoms with E-state index in [1.165, 1.54) is 17.3 Å². The number of aliphatic imine (C=N–C) groups is 1. The summed E-state index contributed by atoms with van der Waals surface area (Å²) in [6.45, 7) is 6.22. The topological polar surface area (TPSA) is 55.6 Å². The monoisotopic (exact) mass is 495 g/mol. The highest BCUT2D eigenvalue weighted by atomic mass is 79.9. The average Bonchev–Trinajstić information content (AvgIpc) is 3.23. The van der Waals surface area contributed by atoms with Crippen molar-refractivity contribution in [2.45, 2.75) is 20.8 Å². The van der Waals surface area contributed by atoms with Crippen molar-refractivity contribution in [2.75, 3.05) is 7.11 Å². The Morgan fingerprint density at radius 3 is 2.52 bits per heavy atom. The maximum Gasteiger partial charge on any atom is 0.264 e. The number of benzene rings is 2. The summed E-state index contributed by atoms with van der Waals surface area (Å²) in [6, 6.07) is 15.8. The van der Waals surface area contributed by atoms with Gasteiger partial charge in [0.15, 0.2) is 5.17 Å². The van der Waals surface area contributed by atoms with E-state index in [0.717, 1.165) is 38.5 Å². The summed E-state index contributed by atoms with van der Waals surface area (Å²) in [5, 5.41) is 3.42. The number of hydrogen-bond donors (Lipinski definition) is 1. The number of nitrogens with zero attached hydrogens (tertiary/aromatic N) is 2. The van der Waals surface area contributed by atoms with E-state index in [9.17, 15) is 4.79 Å². The van der Waals surface area contributed by atoms with E-state index in [1.54, 1.807) is 7.11 Å². The van der Waals surface area contributed by atoms with Crippen molar-refractivity contribution >= 4 is 50.5 Å². The highest BCUT2D eigenvalue weighted by Crippen LogP contribution is 2.31. The molecule has 4 rings (SSSR count).